The zero-order valence-electron chi connectivity index (χ0n) is 12.1. The summed E-state index contributed by atoms with van der Waals surface area (Å²) in [4.78, 5) is 24.2. The minimum atomic E-state index is -0.998. The lowest BCUT2D eigenvalue weighted by molar-refractivity contribution is -0.138. The van der Waals surface area contributed by atoms with Crippen molar-refractivity contribution in [1.29, 1.82) is 0 Å². The van der Waals surface area contributed by atoms with E-state index in [0.29, 0.717) is 12.5 Å². The third kappa shape index (κ3) is 3.25. The van der Waals surface area contributed by atoms with Gasteiger partial charge in [-0.05, 0) is 40.5 Å². The van der Waals surface area contributed by atoms with Crippen LogP contribution >= 0.6 is 0 Å². The number of nitrogens with zero attached hydrogens (tertiary/aromatic N) is 1. The standard InChI is InChI=1S/C13H25N3O3/c1-8-5-6-13(4,15-8)10(3)16(7-17)11(9(2)18)12(14)19/h7-11,15,18H,5-6H2,1-4H3,(H2,14,19)/t8?,9-,10?,11+,13?/m1/s1. The van der Waals surface area contributed by atoms with Gasteiger partial charge in [-0.1, -0.05) is 0 Å². The predicted molar refractivity (Wildman–Crippen MR) is 72.3 cm³/mol. The summed E-state index contributed by atoms with van der Waals surface area (Å²) in [5, 5.41) is 13.1. The first kappa shape index (κ1) is 15.9. The molecule has 4 N–H and O–H groups in total. The highest BCUT2D eigenvalue weighted by Crippen LogP contribution is 2.29. The highest BCUT2D eigenvalue weighted by Gasteiger charge is 2.43. The van der Waals surface area contributed by atoms with Gasteiger partial charge in [-0.15, -0.1) is 0 Å². The molecule has 1 aliphatic rings. The molecular formula is C13H25N3O3. The molecule has 1 heterocycles. The number of hydrogen-bond acceptors (Lipinski definition) is 4. The Kier molecular flexibility index (Phi) is 4.92. The van der Waals surface area contributed by atoms with Crippen LogP contribution in [0.25, 0.3) is 0 Å². The largest absolute Gasteiger partial charge is 0.391 e. The van der Waals surface area contributed by atoms with E-state index in [1.165, 1.54) is 11.8 Å². The first-order valence-electron chi connectivity index (χ1n) is 6.70. The second-order valence-corrected chi connectivity index (χ2v) is 5.82. The van der Waals surface area contributed by atoms with E-state index < -0.39 is 18.1 Å². The van der Waals surface area contributed by atoms with E-state index in [0.717, 1.165) is 12.8 Å². The third-order valence-corrected chi connectivity index (χ3v) is 4.23. The fraction of sp³-hybridized carbons (Fsp3) is 0.846. The van der Waals surface area contributed by atoms with Gasteiger partial charge in [-0.2, -0.15) is 0 Å². The Balaban J connectivity index is 2.95. The molecule has 1 rings (SSSR count). The number of primary amides is 1. The van der Waals surface area contributed by atoms with E-state index in [2.05, 4.69) is 12.2 Å². The van der Waals surface area contributed by atoms with Crippen LogP contribution in [-0.4, -0.2) is 52.1 Å². The van der Waals surface area contributed by atoms with Crippen LogP contribution in [0.2, 0.25) is 0 Å². The maximum atomic E-state index is 11.5. The minimum absolute atomic E-state index is 0.234. The number of aliphatic hydroxyl groups is 1. The number of nitrogens with one attached hydrogen (secondary N) is 1. The van der Waals surface area contributed by atoms with Crippen molar-refractivity contribution in [2.75, 3.05) is 0 Å². The van der Waals surface area contributed by atoms with Crippen LogP contribution in [0.4, 0.5) is 0 Å². The molecule has 0 aromatic heterocycles. The van der Waals surface area contributed by atoms with E-state index in [1.54, 1.807) is 0 Å². The lowest BCUT2D eigenvalue weighted by Crippen LogP contribution is -2.62. The van der Waals surface area contributed by atoms with Gasteiger partial charge in [0.15, 0.2) is 0 Å². The van der Waals surface area contributed by atoms with Gasteiger partial charge in [0.1, 0.15) is 6.04 Å². The maximum Gasteiger partial charge on any atom is 0.242 e. The van der Waals surface area contributed by atoms with Crippen LogP contribution in [0.3, 0.4) is 0 Å². The number of rotatable bonds is 6. The number of carbonyl (C=O) groups is 2. The van der Waals surface area contributed by atoms with Crippen molar-refractivity contribution in [3.05, 3.63) is 0 Å². The van der Waals surface area contributed by atoms with Crippen LogP contribution in [0.5, 0.6) is 0 Å². The molecule has 3 unspecified atom stereocenters. The lowest BCUT2D eigenvalue weighted by Gasteiger charge is -2.42. The number of aliphatic hydroxyl groups excluding tert-OH is 1. The molecule has 6 nitrogen and oxygen atoms in total. The summed E-state index contributed by atoms with van der Waals surface area (Å²) in [5.41, 5.74) is 5.03. The summed E-state index contributed by atoms with van der Waals surface area (Å²) in [7, 11) is 0. The van der Waals surface area contributed by atoms with Gasteiger partial charge in [0.2, 0.25) is 12.3 Å². The maximum absolute atomic E-state index is 11.5. The van der Waals surface area contributed by atoms with Gasteiger partial charge in [0.05, 0.1) is 6.10 Å². The number of amides is 2. The van der Waals surface area contributed by atoms with Crippen molar-refractivity contribution in [1.82, 2.24) is 10.2 Å². The van der Waals surface area contributed by atoms with Crippen molar-refractivity contribution in [2.45, 2.75) is 70.3 Å². The van der Waals surface area contributed by atoms with Gasteiger partial charge < -0.3 is 21.1 Å². The van der Waals surface area contributed by atoms with Crippen molar-refractivity contribution in [2.24, 2.45) is 5.73 Å². The molecule has 6 heteroatoms. The predicted octanol–water partition coefficient (Wildman–Crippen LogP) is -0.401. The fourth-order valence-corrected chi connectivity index (χ4v) is 2.91. The first-order valence-corrected chi connectivity index (χ1v) is 6.70. The molecule has 0 saturated carbocycles. The SMILES string of the molecule is CC1CCC(C)(C(C)N(C=O)[C@H](C(N)=O)[C@@H](C)O)N1. The molecule has 0 aromatic rings. The highest BCUT2D eigenvalue weighted by molar-refractivity contribution is 5.82. The van der Waals surface area contributed by atoms with Gasteiger partial charge in [-0.25, -0.2) is 0 Å². The van der Waals surface area contributed by atoms with E-state index in [4.69, 9.17) is 5.73 Å². The van der Waals surface area contributed by atoms with E-state index in [1.807, 2.05) is 13.8 Å². The molecular weight excluding hydrogens is 246 g/mol. The zero-order valence-corrected chi connectivity index (χ0v) is 12.1. The van der Waals surface area contributed by atoms with Gasteiger partial charge >= 0.3 is 0 Å². The Labute approximate surface area is 114 Å². The Morgan fingerprint density at radius 2 is 2.16 bits per heavy atom. The van der Waals surface area contributed by atoms with Crippen LogP contribution in [0.15, 0.2) is 0 Å². The molecule has 1 aliphatic heterocycles. The molecule has 0 radical (unpaired) electrons. The van der Waals surface area contributed by atoms with Gasteiger partial charge in [0, 0.05) is 17.6 Å². The van der Waals surface area contributed by atoms with Crippen LogP contribution in [0.1, 0.15) is 40.5 Å². The Hall–Kier alpha value is -1.14. The molecule has 0 aliphatic carbocycles. The molecule has 2 amide bonds. The molecule has 1 fully saturated rings. The quantitative estimate of drug-likeness (QED) is 0.573. The number of hydrogen-bond donors (Lipinski definition) is 3. The summed E-state index contributed by atoms with van der Waals surface area (Å²) < 4.78 is 0. The van der Waals surface area contributed by atoms with Crippen molar-refractivity contribution < 1.29 is 14.7 Å². The fourth-order valence-electron chi connectivity index (χ4n) is 2.91. The second-order valence-electron chi connectivity index (χ2n) is 5.82. The average Bonchev–Trinajstić information content (AvgIpc) is 2.65. The van der Waals surface area contributed by atoms with E-state index in [9.17, 15) is 14.7 Å². The number of carbonyl (C=O) groups excluding carboxylic acids is 2. The molecule has 5 atom stereocenters. The topological polar surface area (TPSA) is 95.7 Å². The van der Waals surface area contributed by atoms with E-state index in [-0.39, 0.29) is 11.6 Å². The minimum Gasteiger partial charge on any atom is -0.391 e. The average molecular weight is 271 g/mol. The molecule has 0 bridgehead atoms. The van der Waals surface area contributed by atoms with Crippen LogP contribution in [0, 0.1) is 0 Å². The van der Waals surface area contributed by atoms with Crippen LogP contribution < -0.4 is 11.1 Å². The Morgan fingerprint density at radius 1 is 1.58 bits per heavy atom. The lowest BCUT2D eigenvalue weighted by atomic mass is 9.89. The normalized spacial score (nSPS) is 31.5. The number of nitrogens with two attached hydrogens (primary N) is 1. The molecule has 19 heavy (non-hydrogen) atoms. The molecule has 0 aromatic carbocycles. The summed E-state index contributed by atoms with van der Waals surface area (Å²) in [5.74, 6) is -0.691. The summed E-state index contributed by atoms with van der Waals surface area (Å²) in [6, 6.07) is -0.858. The molecule has 0 spiro atoms. The summed E-state index contributed by atoms with van der Waals surface area (Å²) in [6.07, 6.45) is 1.53. The van der Waals surface area contributed by atoms with Gasteiger partial charge in [0.25, 0.3) is 0 Å². The highest BCUT2D eigenvalue weighted by atomic mass is 16.3. The van der Waals surface area contributed by atoms with E-state index >= 15 is 0 Å². The molecule has 110 valence electrons. The van der Waals surface area contributed by atoms with Crippen LogP contribution in [-0.2, 0) is 9.59 Å². The van der Waals surface area contributed by atoms with Gasteiger partial charge in [-0.3, -0.25) is 9.59 Å². The Bertz CT molecular complexity index is 348. The summed E-state index contributed by atoms with van der Waals surface area (Å²) in [6.45, 7) is 7.45. The molecule has 1 saturated heterocycles. The van der Waals surface area contributed by atoms with Crippen molar-refractivity contribution in [3.8, 4) is 0 Å². The monoisotopic (exact) mass is 271 g/mol. The van der Waals surface area contributed by atoms with Crippen molar-refractivity contribution >= 4 is 12.3 Å². The third-order valence-electron chi connectivity index (χ3n) is 4.23. The zero-order chi connectivity index (χ0) is 14.8. The second kappa shape index (κ2) is 5.88. The Morgan fingerprint density at radius 3 is 2.47 bits per heavy atom. The van der Waals surface area contributed by atoms with Crippen molar-refractivity contribution in [3.63, 3.8) is 0 Å². The first-order chi connectivity index (χ1) is 8.73. The smallest absolute Gasteiger partial charge is 0.242 e. The summed E-state index contributed by atoms with van der Waals surface area (Å²) >= 11 is 0.